The van der Waals surface area contributed by atoms with Crippen LogP contribution in [0.5, 0.6) is 0 Å². The van der Waals surface area contributed by atoms with Gasteiger partial charge in [0.2, 0.25) is 5.91 Å². The van der Waals surface area contributed by atoms with Crippen LogP contribution in [-0.4, -0.2) is 27.0 Å². The predicted octanol–water partition coefficient (Wildman–Crippen LogP) is 4.66. The van der Waals surface area contributed by atoms with Crippen LogP contribution in [0.15, 0.2) is 60.0 Å². The summed E-state index contributed by atoms with van der Waals surface area (Å²) >= 11 is 1.43. The summed E-state index contributed by atoms with van der Waals surface area (Å²) in [6, 6.07) is 13.6. The van der Waals surface area contributed by atoms with Crippen molar-refractivity contribution in [1.82, 2.24) is 14.9 Å². The van der Waals surface area contributed by atoms with Crippen LogP contribution in [0.1, 0.15) is 46.9 Å². The Hall–Kier alpha value is -2.86. The molecule has 1 amide bonds. The van der Waals surface area contributed by atoms with E-state index in [2.05, 4.69) is 42.3 Å². The highest BCUT2D eigenvalue weighted by atomic mass is 32.2. The molecule has 0 unspecified atom stereocenters. The third kappa shape index (κ3) is 5.15. The molecule has 1 aromatic heterocycles. The molecule has 6 heteroatoms. The number of Topliss-reactive ketones (excluding diaryl/α,β-unsaturated/α-hetero) is 1. The molecule has 0 saturated carbocycles. The van der Waals surface area contributed by atoms with Gasteiger partial charge in [0.25, 0.3) is 0 Å². The first-order chi connectivity index (χ1) is 13.8. The van der Waals surface area contributed by atoms with Gasteiger partial charge in [-0.3, -0.25) is 14.2 Å². The first kappa shape index (κ1) is 20.9. The lowest BCUT2D eigenvalue weighted by molar-refractivity contribution is -0.119. The maximum Gasteiger partial charge on any atom is 0.217 e. The summed E-state index contributed by atoms with van der Waals surface area (Å²) in [4.78, 5) is 28.2. The van der Waals surface area contributed by atoms with Crippen molar-refractivity contribution < 1.29 is 9.59 Å². The Morgan fingerprint density at radius 1 is 1.14 bits per heavy atom. The number of thioether (sulfide) groups is 1. The average molecular weight is 408 g/mol. The van der Waals surface area contributed by atoms with Gasteiger partial charge in [-0.1, -0.05) is 53.7 Å². The van der Waals surface area contributed by atoms with E-state index in [-0.39, 0.29) is 17.7 Å². The van der Waals surface area contributed by atoms with Crippen molar-refractivity contribution in [2.24, 2.45) is 0 Å². The molecule has 0 fully saturated rings. The number of benzene rings is 2. The third-order valence-corrected chi connectivity index (χ3v) is 5.67. The van der Waals surface area contributed by atoms with E-state index in [0.717, 1.165) is 16.4 Å². The quantitative estimate of drug-likeness (QED) is 0.457. The molecule has 3 aromatic rings. The number of hydrogen-bond donors (Lipinski definition) is 1. The zero-order chi connectivity index (χ0) is 21.0. The van der Waals surface area contributed by atoms with Crippen LogP contribution in [0.3, 0.4) is 0 Å². The third-order valence-electron chi connectivity index (χ3n) is 4.70. The number of hydrogen-bond acceptors (Lipinski definition) is 4. The summed E-state index contributed by atoms with van der Waals surface area (Å²) in [5.74, 6) is 0.278. The van der Waals surface area contributed by atoms with Crippen molar-refractivity contribution in [3.8, 4) is 5.69 Å². The summed E-state index contributed by atoms with van der Waals surface area (Å²) in [5, 5.41) is 3.63. The molecule has 0 radical (unpaired) electrons. The van der Waals surface area contributed by atoms with Gasteiger partial charge in [-0.2, -0.15) is 0 Å². The number of aromatic nitrogens is 2. The fourth-order valence-corrected chi connectivity index (χ4v) is 4.08. The van der Waals surface area contributed by atoms with E-state index in [1.54, 1.807) is 6.20 Å². The van der Waals surface area contributed by atoms with Crippen LogP contribution < -0.4 is 5.32 Å². The Kier molecular flexibility index (Phi) is 6.54. The minimum absolute atomic E-state index is 0.0453. The average Bonchev–Trinajstić information content (AvgIpc) is 3.14. The smallest absolute Gasteiger partial charge is 0.217 e. The Morgan fingerprint density at radius 3 is 2.52 bits per heavy atom. The number of amides is 1. The van der Waals surface area contributed by atoms with Crippen molar-refractivity contribution in [2.75, 3.05) is 5.75 Å². The molecule has 5 nitrogen and oxygen atoms in total. The number of ketones is 1. The van der Waals surface area contributed by atoms with Crippen molar-refractivity contribution >= 4 is 23.5 Å². The summed E-state index contributed by atoms with van der Waals surface area (Å²) in [7, 11) is 0. The molecule has 29 heavy (non-hydrogen) atoms. The number of rotatable bonds is 7. The highest BCUT2D eigenvalue weighted by Crippen LogP contribution is 2.24. The lowest BCUT2D eigenvalue weighted by atomic mass is 10.0. The van der Waals surface area contributed by atoms with Gasteiger partial charge in [0.1, 0.15) is 0 Å². The first-order valence-corrected chi connectivity index (χ1v) is 10.5. The topological polar surface area (TPSA) is 64.0 Å². The molecule has 1 atom stereocenters. The van der Waals surface area contributed by atoms with E-state index in [9.17, 15) is 9.59 Å². The van der Waals surface area contributed by atoms with E-state index in [0.29, 0.717) is 11.3 Å². The largest absolute Gasteiger partial charge is 0.350 e. The second-order valence-corrected chi connectivity index (χ2v) is 8.07. The van der Waals surface area contributed by atoms with Gasteiger partial charge in [0, 0.05) is 24.9 Å². The van der Waals surface area contributed by atoms with Crippen LogP contribution in [0, 0.1) is 13.8 Å². The minimum Gasteiger partial charge on any atom is -0.350 e. The first-order valence-electron chi connectivity index (χ1n) is 9.49. The highest BCUT2D eigenvalue weighted by molar-refractivity contribution is 7.99. The zero-order valence-corrected chi connectivity index (χ0v) is 17.9. The Labute approximate surface area is 175 Å². The lowest BCUT2D eigenvalue weighted by Gasteiger charge is -2.13. The summed E-state index contributed by atoms with van der Waals surface area (Å²) in [6.07, 6.45) is 3.67. The molecule has 0 aliphatic carbocycles. The SMILES string of the molecule is CC(=O)N[C@H](C)c1ccc(C(=O)CSc2nccn2-c2ccc(C)cc2C)cc1. The minimum atomic E-state index is -0.0868. The molecule has 0 spiro atoms. The standard InChI is InChI=1S/C23H25N3O2S/c1-15-5-10-21(16(2)13-15)26-12-11-24-23(26)29-14-22(28)20-8-6-19(7-9-20)17(3)25-18(4)27/h5-13,17H,14H2,1-4H3,(H,25,27)/t17-/m1/s1. The molecule has 1 heterocycles. The monoisotopic (exact) mass is 407 g/mol. The summed E-state index contributed by atoms with van der Waals surface area (Å²) < 4.78 is 2.02. The van der Waals surface area contributed by atoms with Gasteiger partial charge in [-0.25, -0.2) is 4.98 Å². The molecule has 0 saturated heterocycles. The Morgan fingerprint density at radius 2 is 1.86 bits per heavy atom. The Balaban J connectivity index is 1.67. The van der Waals surface area contributed by atoms with Crippen molar-refractivity contribution in [3.05, 3.63) is 77.1 Å². The van der Waals surface area contributed by atoms with E-state index < -0.39 is 0 Å². The fraction of sp³-hybridized carbons (Fsp3) is 0.261. The second kappa shape index (κ2) is 9.09. The molecular weight excluding hydrogens is 382 g/mol. The number of nitrogens with one attached hydrogen (secondary N) is 1. The molecular formula is C23H25N3O2S. The van der Waals surface area contributed by atoms with Crippen molar-refractivity contribution in [2.45, 2.75) is 38.9 Å². The van der Waals surface area contributed by atoms with Crippen molar-refractivity contribution in [1.29, 1.82) is 0 Å². The maximum atomic E-state index is 12.6. The number of imidazole rings is 1. The van der Waals surface area contributed by atoms with Gasteiger partial charge < -0.3 is 5.32 Å². The molecule has 0 aliphatic heterocycles. The van der Waals surface area contributed by atoms with Gasteiger partial charge in [0.05, 0.1) is 17.5 Å². The maximum absolute atomic E-state index is 12.6. The number of carbonyl (C=O) groups excluding carboxylic acids is 2. The van der Waals surface area contributed by atoms with Crippen LogP contribution in [-0.2, 0) is 4.79 Å². The Bertz CT molecular complexity index is 1020. The summed E-state index contributed by atoms with van der Waals surface area (Å²) in [5.41, 5.74) is 5.07. The highest BCUT2D eigenvalue weighted by Gasteiger charge is 2.13. The molecule has 3 rings (SSSR count). The van der Waals surface area contributed by atoms with E-state index in [1.165, 1.54) is 29.8 Å². The van der Waals surface area contributed by atoms with Crippen LogP contribution in [0.25, 0.3) is 5.69 Å². The summed E-state index contributed by atoms with van der Waals surface area (Å²) in [6.45, 7) is 7.56. The normalized spacial score (nSPS) is 11.9. The molecule has 1 N–H and O–H groups in total. The van der Waals surface area contributed by atoms with E-state index in [1.807, 2.05) is 42.0 Å². The van der Waals surface area contributed by atoms with E-state index in [4.69, 9.17) is 0 Å². The van der Waals surface area contributed by atoms with Gasteiger partial charge >= 0.3 is 0 Å². The molecule has 0 aliphatic rings. The van der Waals surface area contributed by atoms with Crippen LogP contribution >= 0.6 is 11.8 Å². The second-order valence-electron chi connectivity index (χ2n) is 7.13. The zero-order valence-electron chi connectivity index (χ0n) is 17.1. The predicted molar refractivity (Wildman–Crippen MR) is 117 cm³/mol. The van der Waals surface area contributed by atoms with Gasteiger partial charge in [-0.15, -0.1) is 0 Å². The molecule has 150 valence electrons. The fourth-order valence-electron chi connectivity index (χ4n) is 3.21. The van der Waals surface area contributed by atoms with Gasteiger partial charge in [-0.05, 0) is 38.0 Å². The molecule has 0 bridgehead atoms. The van der Waals surface area contributed by atoms with Crippen molar-refractivity contribution in [3.63, 3.8) is 0 Å². The lowest BCUT2D eigenvalue weighted by Crippen LogP contribution is -2.23. The number of carbonyl (C=O) groups is 2. The molecule has 2 aromatic carbocycles. The van der Waals surface area contributed by atoms with Gasteiger partial charge in [0.15, 0.2) is 10.9 Å². The number of aryl methyl sites for hydroxylation is 2. The van der Waals surface area contributed by atoms with Crippen LogP contribution in [0.4, 0.5) is 0 Å². The number of nitrogens with zero attached hydrogens (tertiary/aromatic N) is 2. The van der Waals surface area contributed by atoms with E-state index >= 15 is 0 Å². The van der Waals surface area contributed by atoms with Crippen LogP contribution in [0.2, 0.25) is 0 Å².